The Morgan fingerprint density at radius 2 is 1.84 bits per heavy atom. The Morgan fingerprint density at radius 1 is 1.16 bits per heavy atom. The van der Waals surface area contributed by atoms with Gasteiger partial charge in [0, 0.05) is 6.54 Å². The normalized spacial score (nSPS) is 16.3. The predicted molar refractivity (Wildman–Crippen MR) is 72.1 cm³/mol. The zero-order valence-electron chi connectivity index (χ0n) is 10.8. The number of nitrogens with two attached hydrogens (primary N) is 1. The fourth-order valence-corrected chi connectivity index (χ4v) is 1.98. The lowest BCUT2D eigenvalue weighted by atomic mass is 9.77. The van der Waals surface area contributed by atoms with Crippen molar-refractivity contribution in [3.63, 3.8) is 0 Å². The van der Waals surface area contributed by atoms with E-state index < -0.39 is 5.54 Å². The number of rotatable bonds is 5. The SMILES string of the molecule is NC1(C(=O)NCC(=O)NCc2ccccc2)CCC1. The molecule has 1 aromatic carbocycles. The lowest BCUT2D eigenvalue weighted by Crippen LogP contribution is -2.59. The number of hydrogen-bond acceptors (Lipinski definition) is 3. The molecule has 0 spiro atoms. The summed E-state index contributed by atoms with van der Waals surface area (Å²) in [4.78, 5) is 23.3. The smallest absolute Gasteiger partial charge is 0.240 e. The quantitative estimate of drug-likeness (QED) is 0.712. The highest BCUT2D eigenvalue weighted by molar-refractivity contribution is 5.90. The molecule has 0 heterocycles. The van der Waals surface area contributed by atoms with Crippen LogP contribution in [0, 0.1) is 0 Å². The maximum atomic E-state index is 11.7. The Kier molecular flexibility index (Phi) is 4.16. The summed E-state index contributed by atoms with van der Waals surface area (Å²) < 4.78 is 0. The monoisotopic (exact) mass is 261 g/mol. The lowest BCUT2D eigenvalue weighted by molar-refractivity contribution is -0.131. The third-order valence-electron chi connectivity index (χ3n) is 3.44. The van der Waals surface area contributed by atoms with E-state index in [2.05, 4.69) is 10.6 Å². The summed E-state index contributed by atoms with van der Waals surface area (Å²) in [5.74, 6) is -0.436. The van der Waals surface area contributed by atoms with Gasteiger partial charge in [-0.25, -0.2) is 0 Å². The molecule has 4 N–H and O–H groups in total. The average Bonchev–Trinajstić information content (AvgIpc) is 2.41. The van der Waals surface area contributed by atoms with Crippen molar-refractivity contribution in [1.82, 2.24) is 10.6 Å². The summed E-state index contributed by atoms with van der Waals surface area (Å²) in [6.45, 7) is 0.438. The number of benzene rings is 1. The molecule has 5 nitrogen and oxygen atoms in total. The Morgan fingerprint density at radius 3 is 2.42 bits per heavy atom. The number of carbonyl (C=O) groups is 2. The van der Waals surface area contributed by atoms with Gasteiger partial charge in [-0.2, -0.15) is 0 Å². The molecule has 1 fully saturated rings. The molecule has 2 rings (SSSR count). The summed E-state index contributed by atoms with van der Waals surface area (Å²) in [6, 6.07) is 9.62. The highest BCUT2D eigenvalue weighted by Crippen LogP contribution is 2.28. The second kappa shape index (κ2) is 5.84. The van der Waals surface area contributed by atoms with Crippen molar-refractivity contribution >= 4 is 11.8 Å². The topological polar surface area (TPSA) is 84.2 Å². The third kappa shape index (κ3) is 3.54. The number of amides is 2. The second-order valence-electron chi connectivity index (χ2n) is 4.95. The van der Waals surface area contributed by atoms with Crippen LogP contribution in [0.4, 0.5) is 0 Å². The van der Waals surface area contributed by atoms with Gasteiger partial charge in [-0.05, 0) is 24.8 Å². The van der Waals surface area contributed by atoms with E-state index in [1.165, 1.54) is 0 Å². The van der Waals surface area contributed by atoms with Crippen LogP contribution in [0.3, 0.4) is 0 Å². The Balaban J connectivity index is 1.69. The first-order valence-electron chi connectivity index (χ1n) is 6.48. The van der Waals surface area contributed by atoms with Crippen molar-refractivity contribution in [2.45, 2.75) is 31.3 Å². The van der Waals surface area contributed by atoms with E-state index in [0.717, 1.165) is 12.0 Å². The van der Waals surface area contributed by atoms with Crippen LogP contribution in [0.5, 0.6) is 0 Å². The van der Waals surface area contributed by atoms with Crippen LogP contribution < -0.4 is 16.4 Å². The molecule has 2 amide bonds. The number of carbonyl (C=O) groups excluding carboxylic acids is 2. The highest BCUT2D eigenvalue weighted by Gasteiger charge is 2.39. The maximum Gasteiger partial charge on any atom is 0.240 e. The molecule has 1 saturated carbocycles. The third-order valence-corrected chi connectivity index (χ3v) is 3.44. The van der Waals surface area contributed by atoms with Crippen LogP contribution in [0.1, 0.15) is 24.8 Å². The molecule has 0 radical (unpaired) electrons. The van der Waals surface area contributed by atoms with E-state index >= 15 is 0 Å². The molecule has 0 saturated heterocycles. The zero-order valence-corrected chi connectivity index (χ0v) is 10.8. The van der Waals surface area contributed by atoms with E-state index in [-0.39, 0.29) is 18.4 Å². The lowest BCUT2D eigenvalue weighted by Gasteiger charge is -2.36. The van der Waals surface area contributed by atoms with E-state index in [4.69, 9.17) is 5.73 Å². The molecular weight excluding hydrogens is 242 g/mol. The Labute approximate surface area is 112 Å². The molecule has 0 aliphatic heterocycles. The predicted octanol–water partition coefficient (Wildman–Crippen LogP) is 0.300. The minimum Gasteiger partial charge on any atom is -0.350 e. The summed E-state index contributed by atoms with van der Waals surface area (Å²) in [5.41, 5.74) is 6.13. The molecule has 0 unspecified atom stereocenters. The maximum absolute atomic E-state index is 11.7. The average molecular weight is 261 g/mol. The minimum atomic E-state index is -0.750. The molecular formula is C14H19N3O2. The van der Waals surface area contributed by atoms with Crippen LogP contribution in [0.2, 0.25) is 0 Å². The van der Waals surface area contributed by atoms with Crippen molar-refractivity contribution in [1.29, 1.82) is 0 Å². The molecule has 1 aromatic rings. The first-order chi connectivity index (χ1) is 9.10. The number of nitrogens with one attached hydrogen (secondary N) is 2. The van der Waals surface area contributed by atoms with Crippen molar-refractivity contribution in [3.8, 4) is 0 Å². The second-order valence-corrected chi connectivity index (χ2v) is 4.95. The molecule has 102 valence electrons. The van der Waals surface area contributed by atoms with Gasteiger partial charge in [-0.15, -0.1) is 0 Å². The van der Waals surface area contributed by atoms with E-state index in [0.29, 0.717) is 19.4 Å². The van der Waals surface area contributed by atoms with Gasteiger partial charge in [-0.3, -0.25) is 9.59 Å². The van der Waals surface area contributed by atoms with Crippen molar-refractivity contribution in [3.05, 3.63) is 35.9 Å². The van der Waals surface area contributed by atoms with E-state index in [9.17, 15) is 9.59 Å². The molecule has 1 aliphatic carbocycles. The van der Waals surface area contributed by atoms with Gasteiger partial charge in [0.25, 0.3) is 0 Å². The molecule has 0 atom stereocenters. The summed E-state index contributed by atoms with van der Waals surface area (Å²) >= 11 is 0. The van der Waals surface area contributed by atoms with Gasteiger partial charge in [0.1, 0.15) is 0 Å². The standard InChI is InChI=1S/C14H19N3O2/c15-14(7-4-8-14)13(19)17-10-12(18)16-9-11-5-2-1-3-6-11/h1-3,5-6H,4,7-10,15H2,(H,16,18)(H,17,19). The molecule has 0 bridgehead atoms. The van der Waals surface area contributed by atoms with E-state index in [1.54, 1.807) is 0 Å². The molecule has 0 aromatic heterocycles. The van der Waals surface area contributed by atoms with Gasteiger partial charge < -0.3 is 16.4 Å². The number of hydrogen-bond donors (Lipinski definition) is 3. The van der Waals surface area contributed by atoms with Crippen LogP contribution in [-0.4, -0.2) is 23.9 Å². The van der Waals surface area contributed by atoms with Crippen molar-refractivity contribution < 1.29 is 9.59 Å². The Hall–Kier alpha value is -1.88. The van der Waals surface area contributed by atoms with Gasteiger partial charge in [0.2, 0.25) is 11.8 Å². The van der Waals surface area contributed by atoms with Crippen molar-refractivity contribution in [2.24, 2.45) is 5.73 Å². The molecule has 1 aliphatic rings. The minimum absolute atomic E-state index is 0.0232. The fraction of sp³-hybridized carbons (Fsp3) is 0.429. The largest absolute Gasteiger partial charge is 0.350 e. The van der Waals surface area contributed by atoms with Crippen LogP contribution in [-0.2, 0) is 16.1 Å². The summed E-state index contributed by atoms with van der Waals surface area (Å²) in [5, 5.41) is 5.33. The zero-order chi connectivity index (χ0) is 13.7. The highest BCUT2D eigenvalue weighted by atomic mass is 16.2. The summed E-state index contributed by atoms with van der Waals surface area (Å²) in [7, 11) is 0. The van der Waals surface area contributed by atoms with Gasteiger partial charge in [0.15, 0.2) is 0 Å². The van der Waals surface area contributed by atoms with Crippen LogP contribution in [0.15, 0.2) is 30.3 Å². The van der Waals surface area contributed by atoms with Gasteiger partial charge >= 0.3 is 0 Å². The Bertz CT molecular complexity index is 455. The van der Waals surface area contributed by atoms with E-state index in [1.807, 2.05) is 30.3 Å². The summed E-state index contributed by atoms with van der Waals surface area (Å²) in [6.07, 6.45) is 2.37. The molecule has 19 heavy (non-hydrogen) atoms. The van der Waals surface area contributed by atoms with Gasteiger partial charge in [0.05, 0.1) is 12.1 Å². The fourth-order valence-electron chi connectivity index (χ4n) is 1.98. The first-order valence-corrected chi connectivity index (χ1v) is 6.48. The first kappa shape index (κ1) is 13.5. The van der Waals surface area contributed by atoms with Gasteiger partial charge in [-0.1, -0.05) is 30.3 Å². The van der Waals surface area contributed by atoms with Crippen LogP contribution >= 0.6 is 0 Å². The molecule has 5 heteroatoms. The van der Waals surface area contributed by atoms with Crippen LogP contribution in [0.25, 0.3) is 0 Å². The van der Waals surface area contributed by atoms with Crippen molar-refractivity contribution in [2.75, 3.05) is 6.54 Å².